The Kier molecular flexibility index (Phi) is 5.80. The molecule has 24 heavy (non-hydrogen) atoms. The van der Waals surface area contributed by atoms with E-state index in [1.165, 1.54) is 18.5 Å². The summed E-state index contributed by atoms with van der Waals surface area (Å²) in [5.74, 6) is -0.0708. The predicted octanol–water partition coefficient (Wildman–Crippen LogP) is 4.33. The standard InChI is InChI=1S/C17H13Cl2N3O2/c1-22(2)10-11(9-20)16(23)15-4-3-5-21-17(15)24-14-7-12(18)6-13(19)8-14/h3-8,10H,1-2H3. The fourth-order valence-corrected chi connectivity index (χ4v) is 2.39. The molecule has 0 aliphatic rings. The molecule has 0 aliphatic carbocycles. The van der Waals surface area contributed by atoms with Crippen molar-refractivity contribution in [2.75, 3.05) is 14.1 Å². The molecule has 122 valence electrons. The van der Waals surface area contributed by atoms with Gasteiger partial charge in [-0.15, -0.1) is 0 Å². The number of ketones is 1. The van der Waals surface area contributed by atoms with Gasteiger partial charge in [0, 0.05) is 36.5 Å². The summed E-state index contributed by atoms with van der Waals surface area (Å²) in [6, 6.07) is 9.69. The number of benzene rings is 1. The first-order valence-corrected chi connectivity index (χ1v) is 7.58. The van der Waals surface area contributed by atoms with Crippen LogP contribution >= 0.6 is 23.2 Å². The molecule has 1 aromatic carbocycles. The van der Waals surface area contributed by atoms with Crippen molar-refractivity contribution in [3.05, 3.63) is 63.9 Å². The van der Waals surface area contributed by atoms with E-state index < -0.39 is 5.78 Å². The average Bonchev–Trinajstić information content (AvgIpc) is 2.51. The number of Topliss-reactive ketones (excluding diaryl/α,β-unsaturated/α-hetero) is 1. The zero-order valence-electron chi connectivity index (χ0n) is 13.0. The lowest BCUT2D eigenvalue weighted by Gasteiger charge is -2.10. The highest BCUT2D eigenvalue weighted by Gasteiger charge is 2.19. The van der Waals surface area contributed by atoms with Crippen LogP contribution in [0.25, 0.3) is 0 Å². The number of carbonyl (C=O) groups excluding carboxylic acids is 1. The molecule has 1 heterocycles. The number of nitrogens with zero attached hydrogens (tertiary/aromatic N) is 3. The van der Waals surface area contributed by atoms with Gasteiger partial charge in [-0.25, -0.2) is 4.98 Å². The van der Waals surface area contributed by atoms with Crippen LogP contribution in [-0.2, 0) is 0 Å². The zero-order valence-corrected chi connectivity index (χ0v) is 14.5. The molecule has 0 saturated heterocycles. The van der Waals surface area contributed by atoms with Crippen LogP contribution in [0.15, 0.2) is 48.3 Å². The molecule has 0 aliphatic heterocycles. The van der Waals surface area contributed by atoms with Gasteiger partial charge in [-0.1, -0.05) is 23.2 Å². The van der Waals surface area contributed by atoms with E-state index in [9.17, 15) is 10.1 Å². The molecule has 0 unspecified atom stereocenters. The van der Waals surface area contributed by atoms with Crippen LogP contribution in [-0.4, -0.2) is 29.8 Å². The third kappa shape index (κ3) is 4.48. The van der Waals surface area contributed by atoms with Crippen molar-refractivity contribution in [3.8, 4) is 17.7 Å². The Labute approximate surface area is 149 Å². The SMILES string of the molecule is CN(C)C=C(C#N)C(=O)c1cccnc1Oc1cc(Cl)cc(Cl)c1. The van der Waals surface area contributed by atoms with Crippen LogP contribution in [0.4, 0.5) is 0 Å². The summed E-state index contributed by atoms with van der Waals surface area (Å²) in [5.41, 5.74) is 0.144. The summed E-state index contributed by atoms with van der Waals surface area (Å²) in [5, 5.41) is 9.99. The highest BCUT2D eigenvalue weighted by atomic mass is 35.5. The van der Waals surface area contributed by atoms with Crippen molar-refractivity contribution < 1.29 is 9.53 Å². The molecular weight excluding hydrogens is 349 g/mol. The fourth-order valence-electron chi connectivity index (χ4n) is 1.89. The minimum Gasteiger partial charge on any atom is -0.438 e. The van der Waals surface area contributed by atoms with Crippen molar-refractivity contribution >= 4 is 29.0 Å². The number of carbonyl (C=O) groups is 1. The van der Waals surface area contributed by atoms with Gasteiger partial charge in [-0.05, 0) is 30.3 Å². The number of ether oxygens (including phenoxy) is 1. The van der Waals surface area contributed by atoms with E-state index in [4.69, 9.17) is 27.9 Å². The van der Waals surface area contributed by atoms with Crippen LogP contribution < -0.4 is 4.74 Å². The summed E-state index contributed by atoms with van der Waals surface area (Å²) in [6.07, 6.45) is 2.93. The van der Waals surface area contributed by atoms with Crippen molar-refractivity contribution in [3.63, 3.8) is 0 Å². The molecule has 0 atom stereocenters. The largest absolute Gasteiger partial charge is 0.438 e. The number of nitriles is 1. The molecule has 2 rings (SSSR count). The quantitative estimate of drug-likeness (QED) is 0.450. The van der Waals surface area contributed by atoms with E-state index in [1.54, 1.807) is 43.3 Å². The van der Waals surface area contributed by atoms with Gasteiger partial charge >= 0.3 is 0 Å². The Morgan fingerprint density at radius 1 is 1.29 bits per heavy atom. The van der Waals surface area contributed by atoms with E-state index in [0.717, 1.165) is 0 Å². The Balaban J connectivity index is 2.40. The van der Waals surface area contributed by atoms with Crippen LogP contribution in [0, 0.1) is 11.3 Å². The number of pyridine rings is 1. The molecule has 0 spiro atoms. The van der Waals surface area contributed by atoms with Crippen molar-refractivity contribution in [1.82, 2.24) is 9.88 Å². The second-order valence-electron chi connectivity index (χ2n) is 5.01. The molecule has 0 radical (unpaired) electrons. The summed E-state index contributed by atoms with van der Waals surface area (Å²) in [6.45, 7) is 0. The normalized spacial score (nSPS) is 10.9. The Hall–Kier alpha value is -2.55. The lowest BCUT2D eigenvalue weighted by Crippen LogP contribution is -2.10. The van der Waals surface area contributed by atoms with Crippen LogP contribution in [0.3, 0.4) is 0 Å². The lowest BCUT2D eigenvalue weighted by atomic mass is 10.1. The minimum atomic E-state index is -0.484. The number of aromatic nitrogens is 1. The Morgan fingerprint density at radius 2 is 1.96 bits per heavy atom. The summed E-state index contributed by atoms with van der Waals surface area (Å²) in [4.78, 5) is 18.3. The van der Waals surface area contributed by atoms with Gasteiger partial charge in [-0.3, -0.25) is 4.79 Å². The first-order valence-electron chi connectivity index (χ1n) is 6.82. The molecule has 0 N–H and O–H groups in total. The topological polar surface area (TPSA) is 66.2 Å². The Morgan fingerprint density at radius 3 is 2.54 bits per heavy atom. The summed E-state index contributed by atoms with van der Waals surface area (Å²) in [7, 11) is 3.44. The maximum atomic E-state index is 12.6. The van der Waals surface area contributed by atoms with Gasteiger partial charge in [-0.2, -0.15) is 5.26 Å². The lowest BCUT2D eigenvalue weighted by molar-refractivity contribution is 0.103. The van der Waals surface area contributed by atoms with Gasteiger partial charge in [0.05, 0.1) is 5.56 Å². The molecule has 0 fully saturated rings. The van der Waals surface area contributed by atoms with Gasteiger partial charge < -0.3 is 9.64 Å². The van der Waals surface area contributed by atoms with Gasteiger partial charge in [0.1, 0.15) is 17.4 Å². The second-order valence-corrected chi connectivity index (χ2v) is 5.88. The van der Waals surface area contributed by atoms with Crippen LogP contribution in [0.1, 0.15) is 10.4 Å². The second kappa shape index (κ2) is 7.82. The number of halogens is 2. The van der Waals surface area contributed by atoms with Crippen LogP contribution in [0.5, 0.6) is 11.6 Å². The summed E-state index contributed by atoms with van der Waals surface area (Å²) >= 11 is 11.9. The Bertz CT molecular complexity index is 822. The summed E-state index contributed by atoms with van der Waals surface area (Å²) < 4.78 is 5.64. The number of hydrogen-bond donors (Lipinski definition) is 0. The number of rotatable bonds is 5. The van der Waals surface area contributed by atoms with Gasteiger partial charge in [0.25, 0.3) is 0 Å². The number of allylic oxidation sites excluding steroid dienone is 1. The molecule has 2 aromatic rings. The number of hydrogen-bond acceptors (Lipinski definition) is 5. The molecule has 0 saturated carbocycles. The maximum Gasteiger partial charge on any atom is 0.230 e. The zero-order chi connectivity index (χ0) is 17.7. The van der Waals surface area contributed by atoms with E-state index in [2.05, 4.69) is 4.98 Å². The molecule has 0 bridgehead atoms. The highest BCUT2D eigenvalue weighted by Crippen LogP contribution is 2.29. The van der Waals surface area contributed by atoms with Gasteiger partial charge in [0.15, 0.2) is 0 Å². The van der Waals surface area contributed by atoms with E-state index in [0.29, 0.717) is 15.8 Å². The van der Waals surface area contributed by atoms with E-state index in [1.807, 2.05) is 6.07 Å². The smallest absolute Gasteiger partial charge is 0.230 e. The van der Waals surface area contributed by atoms with E-state index in [-0.39, 0.29) is 17.0 Å². The monoisotopic (exact) mass is 361 g/mol. The fraction of sp³-hybridized carbons (Fsp3) is 0.118. The first kappa shape index (κ1) is 17.8. The first-order chi connectivity index (χ1) is 11.4. The van der Waals surface area contributed by atoms with Crippen molar-refractivity contribution in [2.45, 2.75) is 0 Å². The van der Waals surface area contributed by atoms with Gasteiger partial charge in [0.2, 0.25) is 11.7 Å². The molecule has 5 nitrogen and oxygen atoms in total. The highest BCUT2D eigenvalue weighted by molar-refractivity contribution is 6.34. The van der Waals surface area contributed by atoms with E-state index >= 15 is 0 Å². The average molecular weight is 362 g/mol. The molecule has 7 heteroatoms. The van der Waals surface area contributed by atoms with Crippen molar-refractivity contribution in [2.24, 2.45) is 0 Å². The minimum absolute atomic E-state index is 0.0259. The molecular formula is C17H13Cl2N3O2. The van der Waals surface area contributed by atoms with Crippen molar-refractivity contribution in [1.29, 1.82) is 5.26 Å². The third-order valence-electron chi connectivity index (χ3n) is 2.82. The molecule has 1 aromatic heterocycles. The third-order valence-corrected chi connectivity index (χ3v) is 3.26. The predicted molar refractivity (Wildman–Crippen MR) is 92.5 cm³/mol. The molecule has 0 amide bonds. The van der Waals surface area contributed by atoms with Crippen LogP contribution in [0.2, 0.25) is 10.0 Å². The maximum absolute atomic E-state index is 12.6.